The Morgan fingerprint density at radius 1 is 1.40 bits per heavy atom. The molecule has 0 aliphatic carbocycles. The van der Waals surface area contributed by atoms with E-state index in [1.807, 2.05) is 18.2 Å². The van der Waals surface area contributed by atoms with Gasteiger partial charge in [-0.25, -0.2) is 0 Å². The SMILES string of the molecule is CCN(CC)C1CCN(c2ccc(CCl)cc2C#N)C1. The topological polar surface area (TPSA) is 30.3 Å². The van der Waals surface area contributed by atoms with Crippen LogP contribution in [0.5, 0.6) is 0 Å². The molecule has 1 aromatic carbocycles. The molecule has 1 aliphatic heterocycles. The van der Waals surface area contributed by atoms with E-state index in [9.17, 15) is 5.26 Å². The van der Waals surface area contributed by atoms with Crippen LogP contribution in [0.2, 0.25) is 0 Å². The van der Waals surface area contributed by atoms with Crippen molar-refractivity contribution < 1.29 is 0 Å². The molecule has 20 heavy (non-hydrogen) atoms. The van der Waals surface area contributed by atoms with Crippen molar-refractivity contribution >= 4 is 17.3 Å². The summed E-state index contributed by atoms with van der Waals surface area (Å²) in [6.07, 6.45) is 1.17. The van der Waals surface area contributed by atoms with Crippen LogP contribution in [0.25, 0.3) is 0 Å². The summed E-state index contributed by atoms with van der Waals surface area (Å²) in [5.41, 5.74) is 2.80. The Bertz CT molecular complexity index is 491. The fraction of sp³-hybridized carbons (Fsp3) is 0.562. The molecule has 0 spiro atoms. The van der Waals surface area contributed by atoms with Crippen molar-refractivity contribution in [2.24, 2.45) is 0 Å². The molecule has 4 heteroatoms. The predicted octanol–water partition coefficient (Wildman–Crippen LogP) is 3.22. The molecule has 1 heterocycles. The average molecular weight is 292 g/mol. The lowest BCUT2D eigenvalue weighted by Crippen LogP contribution is -2.37. The van der Waals surface area contributed by atoms with E-state index in [0.717, 1.165) is 43.0 Å². The number of hydrogen-bond donors (Lipinski definition) is 0. The number of nitrogens with zero attached hydrogens (tertiary/aromatic N) is 3. The first-order valence-corrected chi connectivity index (χ1v) is 7.84. The van der Waals surface area contributed by atoms with Gasteiger partial charge in [0.15, 0.2) is 0 Å². The van der Waals surface area contributed by atoms with E-state index in [1.54, 1.807) is 0 Å². The van der Waals surface area contributed by atoms with Gasteiger partial charge in [0.2, 0.25) is 0 Å². The van der Waals surface area contributed by atoms with Crippen LogP contribution in [0, 0.1) is 11.3 Å². The molecule has 0 bridgehead atoms. The van der Waals surface area contributed by atoms with Gasteiger partial charge in [-0.05, 0) is 37.2 Å². The highest BCUT2D eigenvalue weighted by Gasteiger charge is 2.27. The lowest BCUT2D eigenvalue weighted by atomic mass is 10.1. The quantitative estimate of drug-likeness (QED) is 0.780. The fourth-order valence-electron chi connectivity index (χ4n) is 3.03. The second kappa shape index (κ2) is 6.97. The van der Waals surface area contributed by atoms with Crippen molar-refractivity contribution in [3.05, 3.63) is 29.3 Å². The van der Waals surface area contributed by atoms with Gasteiger partial charge in [-0.2, -0.15) is 5.26 Å². The molecule has 1 unspecified atom stereocenters. The Labute approximate surface area is 126 Å². The summed E-state index contributed by atoms with van der Waals surface area (Å²) < 4.78 is 0. The van der Waals surface area contributed by atoms with Crippen LogP contribution in [0.4, 0.5) is 5.69 Å². The number of hydrogen-bond acceptors (Lipinski definition) is 3. The van der Waals surface area contributed by atoms with E-state index < -0.39 is 0 Å². The third-order valence-electron chi connectivity index (χ3n) is 4.17. The summed E-state index contributed by atoms with van der Waals surface area (Å²) in [6, 6.07) is 8.88. The first-order valence-electron chi connectivity index (χ1n) is 7.31. The molecule has 0 aromatic heterocycles. The number of likely N-dealkylation sites (N-methyl/N-ethyl adjacent to an activating group) is 1. The molecule has 2 rings (SSSR count). The number of nitriles is 1. The van der Waals surface area contributed by atoms with E-state index in [4.69, 9.17) is 11.6 Å². The van der Waals surface area contributed by atoms with E-state index in [2.05, 4.69) is 29.7 Å². The smallest absolute Gasteiger partial charge is 0.101 e. The second-order valence-electron chi connectivity index (χ2n) is 5.21. The Balaban J connectivity index is 2.16. The maximum Gasteiger partial charge on any atom is 0.101 e. The van der Waals surface area contributed by atoms with E-state index in [-0.39, 0.29) is 0 Å². The predicted molar refractivity (Wildman–Crippen MR) is 84.3 cm³/mol. The number of rotatable bonds is 5. The number of benzene rings is 1. The molecule has 1 atom stereocenters. The molecule has 1 fully saturated rings. The largest absolute Gasteiger partial charge is 0.369 e. The zero-order valence-electron chi connectivity index (χ0n) is 12.3. The van der Waals surface area contributed by atoms with E-state index in [1.165, 1.54) is 6.42 Å². The zero-order valence-corrected chi connectivity index (χ0v) is 13.0. The minimum Gasteiger partial charge on any atom is -0.369 e. The fourth-order valence-corrected chi connectivity index (χ4v) is 3.20. The molecule has 0 N–H and O–H groups in total. The van der Waals surface area contributed by atoms with Gasteiger partial charge in [0.25, 0.3) is 0 Å². The van der Waals surface area contributed by atoms with Gasteiger partial charge < -0.3 is 4.90 Å². The van der Waals surface area contributed by atoms with Gasteiger partial charge in [0.1, 0.15) is 6.07 Å². The average Bonchev–Trinajstić information content (AvgIpc) is 2.97. The normalized spacial score (nSPS) is 18.6. The molecule has 108 valence electrons. The molecular formula is C16H22ClN3. The van der Waals surface area contributed by atoms with Gasteiger partial charge in [-0.1, -0.05) is 19.9 Å². The molecule has 0 saturated carbocycles. The maximum atomic E-state index is 9.34. The number of anilines is 1. The van der Waals surface area contributed by atoms with Crippen molar-refractivity contribution in [2.75, 3.05) is 31.1 Å². The van der Waals surface area contributed by atoms with Crippen molar-refractivity contribution in [1.82, 2.24) is 4.90 Å². The van der Waals surface area contributed by atoms with Crippen LogP contribution in [-0.4, -0.2) is 37.1 Å². The van der Waals surface area contributed by atoms with Gasteiger partial charge in [0, 0.05) is 25.0 Å². The third-order valence-corrected chi connectivity index (χ3v) is 4.48. The number of alkyl halides is 1. The number of halogens is 1. The first-order chi connectivity index (χ1) is 9.73. The summed E-state index contributed by atoms with van der Waals surface area (Å²) in [5, 5.41) is 9.34. The minimum atomic E-state index is 0.455. The van der Waals surface area contributed by atoms with Crippen molar-refractivity contribution in [3.8, 4) is 6.07 Å². The highest BCUT2D eigenvalue weighted by molar-refractivity contribution is 6.17. The highest BCUT2D eigenvalue weighted by Crippen LogP contribution is 2.27. The van der Waals surface area contributed by atoms with Crippen LogP contribution >= 0.6 is 11.6 Å². The highest BCUT2D eigenvalue weighted by atomic mass is 35.5. The molecular weight excluding hydrogens is 270 g/mol. The van der Waals surface area contributed by atoms with Crippen molar-refractivity contribution in [2.45, 2.75) is 32.2 Å². The zero-order chi connectivity index (χ0) is 14.5. The maximum absolute atomic E-state index is 9.34. The van der Waals surface area contributed by atoms with Crippen LogP contribution in [0.3, 0.4) is 0 Å². The van der Waals surface area contributed by atoms with Crippen LogP contribution in [-0.2, 0) is 5.88 Å². The van der Waals surface area contributed by atoms with Crippen LogP contribution < -0.4 is 4.90 Å². The Morgan fingerprint density at radius 2 is 2.15 bits per heavy atom. The van der Waals surface area contributed by atoms with Gasteiger partial charge in [-0.3, -0.25) is 4.90 Å². The summed E-state index contributed by atoms with van der Waals surface area (Å²) in [5.74, 6) is 0.455. The summed E-state index contributed by atoms with van der Waals surface area (Å²) in [7, 11) is 0. The van der Waals surface area contributed by atoms with Crippen molar-refractivity contribution in [1.29, 1.82) is 5.26 Å². The Kier molecular flexibility index (Phi) is 5.28. The van der Waals surface area contributed by atoms with Gasteiger partial charge >= 0.3 is 0 Å². The summed E-state index contributed by atoms with van der Waals surface area (Å²) >= 11 is 5.84. The molecule has 3 nitrogen and oxygen atoms in total. The Morgan fingerprint density at radius 3 is 2.75 bits per heavy atom. The van der Waals surface area contributed by atoms with Gasteiger partial charge in [-0.15, -0.1) is 11.6 Å². The second-order valence-corrected chi connectivity index (χ2v) is 5.47. The lowest BCUT2D eigenvalue weighted by Gasteiger charge is -2.27. The van der Waals surface area contributed by atoms with Gasteiger partial charge in [0.05, 0.1) is 11.3 Å². The first kappa shape index (κ1) is 15.2. The molecule has 1 aromatic rings. The monoisotopic (exact) mass is 291 g/mol. The van der Waals surface area contributed by atoms with Crippen LogP contribution in [0.1, 0.15) is 31.4 Å². The van der Waals surface area contributed by atoms with Crippen LogP contribution in [0.15, 0.2) is 18.2 Å². The minimum absolute atomic E-state index is 0.455. The molecule has 0 amide bonds. The van der Waals surface area contributed by atoms with Crippen molar-refractivity contribution in [3.63, 3.8) is 0 Å². The van der Waals surface area contributed by atoms with E-state index in [0.29, 0.717) is 11.9 Å². The Hall–Kier alpha value is -1.24. The molecule has 1 aliphatic rings. The molecule has 0 radical (unpaired) electrons. The molecule has 1 saturated heterocycles. The summed E-state index contributed by atoms with van der Waals surface area (Å²) in [4.78, 5) is 4.83. The lowest BCUT2D eigenvalue weighted by molar-refractivity contribution is 0.232. The summed E-state index contributed by atoms with van der Waals surface area (Å²) in [6.45, 7) is 8.63. The standard InChI is InChI=1S/C16H22ClN3/c1-3-19(4-2)15-7-8-20(12-15)16-6-5-13(10-17)9-14(16)11-18/h5-6,9,15H,3-4,7-8,10,12H2,1-2H3. The third kappa shape index (κ3) is 3.08. The van der Waals surface area contributed by atoms with E-state index >= 15 is 0 Å².